The lowest BCUT2D eigenvalue weighted by atomic mass is 10.2. The minimum Gasteiger partial charge on any atom is -0.463 e. The van der Waals surface area contributed by atoms with Gasteiger partial charge in [0.2, 0.25) is 0 Å². The minimum atomic E-state index is 0.697. The highest BCUT2D eigenvalue weighted by Crippen LogP contribution is 2.16. The number of nitrogens with one attached hydrogen (secondary N) is 1. The summed E-state index contributed by atoms with van der Waals surface area (Å²) in [6.07, 6.45) is 0. The summed E-state index contributed by atoms with van der Waals surface area (Å²) in [6, 6.07) is 2.18. The van der Waals surface area contributed by atoms with Crippen molar-refractivity contribution in [1.82, 2.24) is 10.2 Å². The normalized spacial score (nSPS) is 11.7. The summed E-state index contributed by atoms with van der Waals surface area (Å²) in [6.45, 7) is 15.9. The molecule has 0 atom stereocenters. The Hall–Kier alpha value is -0.800. The Labute approximate surface area is 112 Å². The van der Waals surface area contributed by atoms with E-state index < -0.39 is 0 Å². The molecule has 0 aromatic carbocycles. The maximum atomic E-state index is 5.93. The van der Waals surface area contributed by atoms with Crippen LogP contribution in [0.25, 0.3) is 0 Å². The number of aryl methyl sites for hydroxylation is 1. The van der Waals surface area contributed by atoms with Crippen molar-refractivity contribution in [2.75, 3.05) is 19.6 Å². The van der Waals surface area contributed by atoms with Crippen LogP contribution in [0.1, 0.15) is 44.8 Å². The van der Waals surface area contributed by atoms with Gasteiger partial charge in [-0.25, -0.2) is 0 Å². The molecule has 1 rings (SSSR count). The van der Waals surface area contributed by atoms with Gasteiger partial charge in [0.1, 0.15) is 11.5 Å². The van der Waals surface area contributed by atoms with Gasteiger partial charge in [0, 0.05) is 6.54 Å². The fourth-order valence-electron chi connectivity index (χ4n) is 2.12. The van der Waals surface area contributed by atoms with Crippen molar-refractivity contribution in [2.45, 2.75) is 47.7 Å². The topological polar surface area (TPSA) is 28.4 Å². The van der Waals surface area contributed by atoms with E-state index in [1.807, 2.05) is 0 Å². The monoisotopic (exact) mass is 252 g/mol. The Morgan fingerprint density at radius 3 is 2.61 bits per heavy atom. The van der Waals surface area contributed by atoms with E-state index in [0.717, 1.165) is 44.2 Å². The summed E-state index contributed by atoms with van der Waals surface area (Å²) in [5.41, 5.74) is 1.26. The second kappa shape index (κ2) is 7.59. The van der Waals surface area contributed by atoms with Crippen LogP contribution in [-0.2, 0) is 13.1 Å². The summed E-state index contributed by atoms with van der Waals surface area (Å²) in [5.74, 6) is 2.86. The predicted octanol–water partition coefficient (Wildman–Crippen LogP) is 3.18. The van der Waals surface area contributed by atoms with Crippen LogP contribution >= 0.6 is 0 Å². The third-order valence-electron chi connectivity index (χ3n) is 3.06. The summed E-state index contributed by atoms with van der Waals surface area (Å²) < 4.78 is 5.93. The molecule has 0 aliphatic heterocycles. The van der Waals surface area contributed by atoms with Gasteiger partial charge in [-0.2, -0.15) is 0 Å². The molecule has 1 heterocycles. The van der Waals surface area contributed by atoms with Gasteiger partial charge in [-0.1, -0.05) is 27.7 Å². The smallest absolute Gasteiger partial charge is 0.120 e. The molecule has 0 bridgehead atoms. The zero-order valence-corrected chi connectivity index (χ0v) is 12.5. The van der Waals surface area contributed by atoms with E-state index in [1.54, 1.807) is 0 Å². The van der Waals surface area contributed by atoms with Gasteiger partial charge in [-0.15, -0.1) is 0 Å². The molecule has 0 saturated carbocycles. The van der Waals surface area contributed by atoms with E-state index in [4.69, 9.17) is 4.42 Å². The highest BCUT2D eigenvalue weighted by atomic mass is 16.3. The molecule has 1 aromatic rings. The maximum Gasteiger partial charge on any atom is 0.120 e. The van der Waals surface area contributed by atoms with Gasteiger partial charge in [0.15, 0.2) is 0 Å². The van der Waals surface area contributed by atoms with Gasteiger partial charge in [0.25, 0.3) is 0 Å². The quantitative estimate of drug-likeness (QED) is 0.770. The third kappa shape index (κ3) is 4.83. The average Bonchev–Trinajstić information content (AvgIpc) is 2.65. The van der Waals surface area contributed by atoms with Crippen LogP contribution in [0.5, 0.6) is 0 Å². The van der Waals surface area contributed by atoms with E-state index in [1.165, 1.54) is 5.56 Å². The number of furan rings is 1. The van der Waals surface area contributed by atoms with Gasteiger partial charge in [-0.05, 0) is 37.6 Å². The van der Waals surface area contributed by atoms with E-state index in [-0.39, 0.29) is 0 Å². The minimum absolute atomic E-state index is 0.697. The summed E-state index contributed by atoms with van der Waals surface area (Å²) in [4.78, 5) is 2.43. The van der Waals surface area contributed by atoms with Crippen LogP contribution in [0.4, 0.5) is 0 Å². The highest BCUT2D eigenvalue weighted by molar-refractivity contribution is 5.20. The second-order valence-corrected chi connectivity index (χ2v) is 5.32. The van der Waals surface area contributed by atoms with Crippen LogP contribution in [-0.4, -0.2) is 24.5 Å². The highest BCUT2D eigenvalue weighted by Gasteiger charge is 2.11. The van der Waals surface area contributed by atoms with Gasteiger partial charge < -0.3 is 9.73 Å². The second-order valence-electron chi connectivity index (χ2n) is 5.32. The van der Waals surface area contributed by atoms with E-state index in [2.05, 4.69) is 50.9 Å². The number of hydrogen-bond donors (Lipinski definition) is 1. The number of hydrogen-bond acceptors (Lipinski definition) is 3. The third-order valence-corrected chi connectivity index (χ3v) is 3.06. The zero-order valence-electron chi connectivity index (χ0n) is 12.5. The molecule has 3 nitrogen and oxygen atoms in total. The molecular formula is C15H28N2O. The van der Waals surface area contributed by atoms with Crippen molar-refractivity contribution in [3.63, 3.8) is 0 Å². The van der Waals surface area contributed by atoms with E-state index in [0.29, 0.717) is 5.92 Å². The van der Waals surface area contributed by atoms with Crippen LogP contribution in [0.15, 0.2) is 10.5 Å². The molecule has 0 saturated heterocycles. The molecule has 0 aliphatic rings. The van der Waals surface area contributed by atoms with Gasteiger partial charge in [0.05, 0.1) is 13.1 Å². The Balaban J connectivity index is 2.60. The maximum absolute atomic E-state index is 5.93. The van der Waals surface area contributed by atoms with Crippen molar-refractivity contribution in [2.24, 2.45) is 5.92 Å². The Kier molecular flexibility index (Phi) is 6.44. The van der Waals surface area contributed by atoms with Gasteiger partial charge >= 0.3 is 0 Å². The fraction of sp³-hybridized carbons (Fsp3) is 0.733. The lowest BCUT2D eigenvalue weighted by Crippen LogP contribution is -2.26. The Morgan fingerprint density at radius 1 is 1.33 bits per heavy atom. The predicted molar refractivity (Wildman–Crippen MR) is 76.6 cm³/mol. The van der Waals surface area contributed by atoms with Gasteiger partial charge in [-0.3, -0.25) is 4.90 Å². The standard InChI is InChI=1S/C15H28N2O/c1-6-16-9-15-13(5)8-14(18-15)11-17(7-2)10-12(3)4/h8,12,16H,6-7,9-11H2,1-5H3. The Bertz CT molecular complexity index is 344. The van der Waals surface area contributed by atoms with Crippen LogP contribution < -0.4 is 5.32 Å². The molecule has 0 aliphatic carbocycles. The van der Waals surface area contributed by atoms with Crippen LogP contribution in [0.2, 0.25) is 0 Å². The van der Waals surface area contributed by atoms with Crippen molar-refractivity contribution in [3.05, 3.63) is 23.2 Å². The number of rotatable bonds is 8. The fourth-order valence-corrected chi connectivity index (χ4v) is 2.12. The molecule has 0 unspecified atom stereocenters. The van der Waals surface area contributed by atoms with E-state index in [9.17, 15) is 0 Å². The SMILES string of the molecule is CCNCc1oc(CN(CC)CC(C)C)cc1C. The summed E-state index contributed by atoms with van der Waals surface area (Å²) in [5, 5.41) is 3.31. The van der Waals surface area contributed by atoms with E-state index >= 15 is 0 Å². The van der Waals surface area contributed by atoms with Crippen molar-refractivity contribution in [3.8, 4) is 0 Å². The molecule has 18 heavy (non-hydrogen) atoms. The first-order valence-corrected chi connectivity index (χ1v) is 7.08. The first kappa shape index (κ1) is 15.3. The molecule has 1 N–H and O–H groups in total. The Morgan fingerprint density at radius 2 is 2.06 bits per heavy atom. The molecule has 0 amide bonds. The lowest BCUT2D eigenvalue weighted by molar-refractivity contribution is 0.227. The zero-order chi connectivity index (χ0) is 13.5. The summed E-state index contributed by atoms with van der Waals surface area (Å²) >= 11 is 0. The molecule has 0 radical (unpaired) electrons. The number of nitrogens with zero attached hydrogens (tertiary/aromatic N) is 1. The molecule has 104 valence electrons. The molecular weight excluding hydrogens is 224 g/mol. The van der Waals surface area contributed by atoms with Crippen molar-refractivity contribution >= 4 is 0 Å². The molecule has 1 aromatic heterocycles. The lowest BCUT2D eigenvalue weighted by Gasteiger charge is -2.21. The average molecular weight is 252 g/mol. The van der Waals surface area contributed by atoms with Crippen molar-refractivity contribution in [1.29, 1.82) is 0 Å². The van der Waals surface area contributed by atoms with Crippen LogP contribution in [0.3, 0.4) is 0 Å². The largest absolute Gasteiger partial charge is 0.463 e. The molecule has 0 fully saturated rings. The van der Waals surface area contributed by atoms with Crippen LogP contribution in [0, 0.1) is 12.8 Å². The molecule has 3 heteroatoms. The molecule has 0 spiro atoms. The first-order valence-electron chi connectivity index (χ1n) is 7.08. The van der Waals surface area contributed by atoms with Crippen molar-refractivity contribution < 1.29 is 4.42 Å². The first-order chi connectivity index (χ1) is 8.56. The summed E-state index contributed by atoms with van der Waals surface area (Å²) in [7, 11) is 0.